The van der Waals surface area contributed by atoms with Crippen molar-refractivity contribution in [1.82, 2.24) is 25.2 Å². The molecule has 6 nitrogen and oxygen atoms in total. The van der Waals surface area contributed by atoms with Gasteiger partial charge in [-0.2, -0.15) is 0 Å². The number of imidazole rings is 1. The Morgan fingerprint density at radius 2 is 2.08 bits per heavy atom. The first-order chi connectivity index (χ1) is 12.2. The second-order valence-electron chi connectivity index (χ2n) is 6.51. The number of pyridine rings is 1. The van der Waals surface area contributed by atoms with E-state index in [9.17, 15) is 0 Å². The number of rotatable bonds is 9. The molecule has 0 spiro atoms. The van der Waals surface area contributed by atoms with Gasteiger partial charge in [0.25, 0.3) is 0 Å². The second kappa shape index (κ2) is 12.7. The van der Waals surface area contributed by atoms with Crippen molar-refractivity contribution in [2.24, 2.45) is 10.9 Å². The van der Waals surface area contributed by atoms with Gasteiger partial charge >= 0.3 is 0 Å². The van der Waals surface area contributed by atoms with E-state index in [1.54, 1.807) is 12.5 Å². The van der Waals surface area contributed by atoms with Gasteiger partial charge in [-0.15, -0.1) is 24.0 Å². The first kappa shape index (κ1) is 22.4. The van der Waals surface area contributed by atoms with E-state index in [0.717, 1.165) is 36.3 Å². The highest BCUT2D eigenvalue weighted by atomic mass is 127. The van der Waals surface area contributed by atoms with E-state index in [-0.39, 0.29) is 24.0 Å². The van der Waals surface area contributed by atoms with Gasteiger partial charge in [-0.25, -0.2) is 15.0 Å². The van der Waals surface area contributed by atoms with Crippen LogP contribution in [0.1, 0.15) is 45.6 Å². The molecule has 7 heteroatoms. The van der Waals surface area contributed by atoms with Gasteiger partial charge in [0, 0.05) is 31.7 Å². The van der Waals surface area contributed by atoms with Crippen LogP contribution in [-0.2, 0) is 6.54 Å². The van der Waals surface area contributed by atoms with Gasteiger partial charge in [-0.1, -0.05) is 32.8 Å². The maximum Gasteiger partial charge on any atom is 0.191 e. The largest absolute Gasteiger partial charge is 0.357 e. The van der Waals surface area contributed by atoms with Crippen LogP contribution in [-0.4, -0.2) is 33.6 Å². The Morgan fingerprint density at radius 1 is 1.23 bits per heavy atom. The van der Waals surface area contributed by atoms with Crippen LogP contribution in [0.15, 0.2) is 42.0 Å². The SMILES string of the molecule is CCNC(=NCc1ccc(-n2ccnc2)nc1)NCCCCC(C)C.I. The third-order valence-corrected chi connectivity index (χ3v) is 3.84. The van der Waals surface area contributed by atoms with Crippen LogP contribution in [0.2, 0.25) is 0 Å². The number of hydrogen-bond donors (Lipinski definition) is 2. The number of nitrogens with zero attached hydrogens (tertiary/aromatic N) is 4. The van der Waals surface area contributed by atoms with Gasteiger partial charge in [0.15, 0.2) is 5.96 Å². The Morgan fingerprint density at radius 3 is 2.69 bits per heavy atom. The number of halogens is 1. The van der Waals surface area contributed by atoms with Gasteiger partial charge in [0.2, 0.25) is 0 Å². The highest BCUT2D eigenvalue weighted by Crippen LogP contribution is 2.07. The third-order valence-electron chi connectivity index (χ3n) is 3.84. The highest BCUT2D eigenvalue weighted by Gasteiger charge is 2.00. The van der Waals surface area contributed by atoms with Crippen LogP contribution in [0, 0.1) is 5.92 Å². The average Bonchev–Trinajstić information content (AvgIpc) is 3.14. The number of aromatic nitrogens is 3. The van der Waals surface area contributed by atoms with E-state index in [0.29, 0.717) is 6.54 Å². The predicted molar refractivity (Wildman–Crippen MR) is 118 cm³/mol. The van der Waals surface area contributed by atoms with Gasteiger partial charge in [-0.3, -0.25) is 4.57 Å². The van der Waals surface area contributed by atoms with Crippen LogP contribution in [0.4, 0.5) is 0 Å². The zero-order valence-corrected chi connectivity index (χ0v) is 18.3. The van der Waals surface area contributed by atoms with Crippen molar-refractivity contribution < 1.29 is 0 Å². The van der Waals surface area contributed by atoms with Crippen molar-refractivity contribution in [2.75, 3.05) is 13.1 Å². The molecule has 0 amide bonds. The minimum absolute atomic E-state index is 0. The molecule has 0 aliphatic carbocycles. The molecule has 2 N–H and O–H groups in total. The molecule has 0 saturated heterocycles. The quantitative estimate of drug-likeness (QED) is 0.254. The smallest absolute Gasteiger partial charge is 0.191 e. The van der Waals surface area contributed by atoms with Crippen LogP contribution >= 0.6 is 24.0 Å². The third kappa shape index (κ3) is 8.16. The molecule has 2 rings (SSSR count). The van der Waals surface area contributed by atoms with E-state index < -0.39 is 0 Å². The molecule has 0 saturated carbocycles. The number of aliphatic imine (C=N–C) groups is 1. The van der Waals surface area contributed by atoms with Gasteiger partial charge < -0.3 is 10.6 Å². The van der Waals surface area contributed by atoms with E-state index in [1.807, 2.05) is 23.0 Å². The van der Waals surface area contributed by atoms with E-state index in [2.05, 4.69) is 52.4 Å². The fraction of sp³-hybridized carbons (Fsp3) is 0.526. The molecule has 0 fully saturated rings. The maximum atomic E-state index is 4.64. The zero-order valence-electron chi connectivity index (χ0n) is 16.0. The topological polar surface area (TPSA) is 67.1 Å². The Balaban J connectivity index is 0.00000338. The molecule has 2 heterocycles. The predicted octanol–water partition coefficient (Wildman–Crippen LogP) is 3.77. The Bertz CT molecular complexity index is 622. The molecular weight excluding hydrogens is 439 g/mol. The fourth-order valence-corrected chi connectivity index (χ4v) is 2.45. The van der Waals surface area contributed by atoms with Gasteiger partial charge in [0.05, 0.1) is 6.54 Å². The molecule has 0 aromatic carbocycles. The Labute approximate surface area is 174 Å². The highest BCUT2D eigenvalue weighted by molar-refractivity contribution is 14.0. The minimum Gasteiger partial charge on any atom is -0.357 e. The van der Waals surface area contributed by atoms with Crippen molar-refractivity contribution in [3.8, 4) is 5.82 Å². The number of hydrogen-bond acceptors (Lipinski definition) is 3. The Kier molecular flexibility index (Phi) is 10.9. The van der Waals surface area contributed by atoms with E-state index in [4.69, 9.17) is 0 Å². The Hall–Kier alpha value is -1.64. The summed E-state index contributed by atoms with van der Waals surface area (Å²) < 4.78 is 1.88. The van der Waals surface area contributed by atoms with E-state index >= 15 is 0 Å². The van der Waals surface area contributed by atoms with Crippen LogP contribution < -0.4 is 10.6 Å². The normalized spacial score (nSPS) is 11.3. The summed E-state index contributed by atoms with van der Waals surface area (Å²) in [6, 6.07) is 4.04. The summed E-state index contributed by atoms with van der Waals surface area (Å²) in [5.41, 5.74) is 1.08. The molecular formula is C19H31IN6. The van der Waals surface area contributed by atoms with Crippen molar-refractivity contribution in [3.05, 3.63) is 42.6 Å². The molecule has 0 atom stereocenters. The average molecular weight is 470 g/mol. The minimum atomic E-state index is 0. The summed E-state index contributed by atoms with van der Waals surface area (Å²) in [6.07, 6.45) is 10.9. The first-order valence-corrected chi connectivity index (χ1v) is 9.14. The molecule has 0 unspecified atom stereocenters. The summed E-state index contributed by atoms with van der Waals surface area (Å²) in [6.45, 7) is 9.04. The van der Waals surface area contributed by atoms with Crippen molar-refractivity contribution in [3.63, 3.8) is 0 Å². The molecule has 2 aromatic heterocycles. The lowest BCUT2D eigenvalue weighted by Gasteiger charge is -2.11. The summed E-state index contributed by atoms with van der Waals surface area (Å²) >= 11 is 0. The lowest BCUT2D eigenvalue weighted by atomic mass is 10.1. The number of unbranched alkanes of at least 4 members (excludes halogenated alkanes) is 1. The summed E-state index contributed by atoms with van der Waals surface area (Å²) in [5, 5.41) is 6.70. The summed E-state index contributed by atoms with van der Waals surface area (Å²) in [5.74, 6) is 2.51. The standard InChI is InChI=1S/C19H30N6.HI/c1-4-21-19(22-10-6-5-7-16(2)3)24-14-17-8-9-18(23-13-17)25-12-11-20-15-25;/h8-9,11-13,15-16H,4-7,10,14H2,1-3H3,(H2,21,22,24);1H. The molecule has 0 aliphatic heterocycles. The molecule has 0 aliphatic rings. The van der Waals surface area contributed by atoms with Crippen LogP contribution in [0.25, 0.3) is 5.82 Å². The maximum absolute atomic E-state index is 4.64. The lowest BCUT2D eigenvalue weighted by Crippen LogP contribution is -2.37. The van der Waals surface area contributed by atoms with Crippen molar-refractivity contribution in [1.29, 1.82) is 0 Å². The van der Waals surface area contributed by atoms with Gasteiger partial charge in [0.1, 0.15) is 12.1 Å². The van der Waals surface area contributed by atoms with E-state index in [1.165, 1.54) is 19.3 Å². The summed E-state index contributed by atoms with van der Waals surface area (Å²) in [4.78, 5) is 13.1. The van der Waals surface area contributed by atoms with Crippen molar-refractivity contribution >= 4 is 29.9 Å². The molecule has 26 heavy (non-hydrogen) atoms. The van der Waals surface area contributed by atoms with Crippen LogP contribution in [0.3, 0.4) is 0 Å². The molecule has 0 radical (unpaired) electrons. The van der Waals surface area contributed by atoms with Crippen LogP contribution in [0.5, 0.6) is 0 Å². The molecule has 144 valence electrons. The summed E-state index contributed by atoms with van der Waals surface area (Å²) in [7, 11) is 0. The lowest BCUT2D eigenvalue weighted by molar-refractivity contribution is 0.534. The zero-order chi connectivity index (χ0) is 17.9. The number of nitrogens with one attached hydrogen (secondary N) is 2. The molecule has 0 bridgehead atoms. The van der Waals surface area contributed by atoms with Gasteiger partial charge in [-0.05, 0) is 30.9 Å². The van der Waals surface area contributed by atoms with Crippen molar-refractivity contribution in [2.45, 2.75) is 46.6 Å². The number of guanidine groups is 1. The second-order valence-corrected chi connectivity index (χ2v) is 6.51. The fourth-order valence-electron chi connectivity index (χ4n) is 2.45. The monoisotopic (exact) mass is 470 g/mol. The first-order valence-electron chi connectivity index (χ1n) is 9.14. The molecule has 2 aromatic rings.